The summed E-state index contributed by atoms with van der Waals surface area (Å²) in [6.07, 6.45) is -3.59. The third kappa shape index (κ3) is 3.19. The van der Waals surface area contributed by atoms with E-state index in [9.17, 15) is 18.0 Å². The number of nitrogens with zero attached hydrogens (tertiary/aromatic N) is 1. The Bertz CT molecular complexity index is 473. The lowest BCUT2D eigenvalue weighted by Gasteiger charge is -2.35. The molecule has 3 nitrogen and oxygen atoms in total. The second kappa shape index (κ2) is 5.11. The van der Waals surface area contributed by atoms with Gasteiger partial charge in [0.2, 0.25) is 0 Å². The molecular formula is C13H14F3NO2. The predicted molar refractivity (Wildman–Crippen MR) is 64.4 cm³/mol. The van der Waals surface area contributed by atoms with Crippen LogP contribution < -0.4 is 4.90 Å². The summed E-state index contributed by atoms with van der Waals surface area (Å²) in [7, 11) is 0. The highest BCUT2D eigenvalue weighted by molar-refractivity contribution is 5.88. The van der Waals surface area contributed by atoms with Gasteiger partial charge in [0.05, 0.1) is 11.5 Å². The van der Waals surface area contributed by atoms with E-state index in [0.717, 1.165) is 0 Å². The van der Waals surface area contributed by atoms with Gasteiger partial charge in [-0.15, -0.1) is 0 Å². The quantitative estimate of drug-likeness (QED) is 0.899. The Kier molecular flexibility index (Phi) is 3.68. The molecular weight excluding hydrogens is 259 g/mol. The van der Waals surface area contributed by atoms with Crippen LogP contribution in [-0.2, 0) is 0 Å². The molecule has 0 aliphatic carbocycles. The van der Waals surface area contributed by atoms with Crippen LogP contribution in [0.1, 0.15) is 23.2 Å². The standard InChI is InChI=1S/C13H14F3NO2/c14-13(15,16)10-4-2-6-17(8-10)11-5-1-3-9(7-11)12(18)19/h1,3,5,7,10H,2,4,6,8H2,(H,18,19). The monoisotopic (exact) mass is 273 g/mol. The van der Waals surface area contributed by atoms with E-state index in [1.807, 2.05) is 0 Å². The fourth-order valence-electron chi connectivity index (χ4n) is 2.31. The smallest absolute Gasteiger partial charge is 0.393 e. The lowest BCUT2D eigenvalue weighted by molar-refractivity contribution is -0.175. The number of halogens is 3. The van der Waals surface area contributed by atoms with E-state index >= 15 is 0 Å². The number of rotatable bonds is 2. The zero-order chi connectivity index (χ0) is 14.0. The van der Waals surface area contributed by atoms with Crippen molar-refractivity contribution in [1.82, 2.24) is 0 Å². The number of carboxylic acid groups (broad SMARTS) is 1. The first-order valence-corrected chi connectivity index (χ1v) is 6.03. The second-order valence-corrected chi connectivity index (χ2v) is 4.68. The molecule has 0 saturated carbocycles. The number of hydrogen-bond acceptors (Lipinski definition) is 2. The van der Waals surface area contributed by atoms with Crippen LogP contribution in [0.4, 0.5) is 18.9 Å². The van der Waals surface area contributed by atoms with Gasteiger partial charge in [0.1, 0.15) is 0 Å². The van der Waals surface area contributed by atoms with Gasteiger partial charge < -0.3 is 10.0 Å². The molecule has 1 atom stereocenters. The number of carboxylic acids is 1. The summed E-state index contributed by atoms with van der Waals surface area (Å²) in [5.74, 6) is -2.42. The molecule has 1 aliphatic rings. The van der Waals surface area contributed by atoms with Crippen LogP contribution in [0.5, 0.6) is 0 Å². The van der Waals surface area contributed by atoms with Crippen molar-refractivity contribution in [2.24, 2.45) is 5.92 Å². The average molecular weight is 273 g/mol. The first-order valence-electron chi connectivity index (χ1n) is 6.03. The number of carbonyl (C=O) groups is 1. The first-order chi connectivity index (χ1) is 8.88. The molecule has 19 heavy (non-hydrogen) atoms. The Morgan fingerprint density at radius 2 is 2.11 bits per heavy atom. The van der Waals surface area contributed by atoms with Gasteiger partial charge in [-0.3, -0.25) is 0 Å². The Morgan fingerprint density at radius 1 is 1.37 bits per heavy atom. The minimum absolute atomic E-state index is 0.0895. The average Bonchev–Trinajstić information content (AvgIpc) is 2.38. The summed E-state index contributed by atoms with van der Waals surface area (Å²) in [5, 5.41) is 8.89. The molecule has 1 saturated heterocycles. The number of hydrogen-bond donors (Lipinski definition) is 1. The summed E-state index contributed by atoms with van der Waals surface area (Å²) in [6, 6.07) is 6.04. The molecule has 6 heteroatoms. The molecule has 0 bridgehead atoms. The molecule has 1 heterocycles. The Labute approximate surface area is 108 Å². The number of anilines is 1. The lowest BCUT2D eigenvalue weighted by Crippen LogP contribution is -2.41. The molecule has 1 aliphatic heterocycles. The summed E-state index contributed by atoms with van der Waals surface area (Å²) >= 11 is 0. The second-order valence-electron chi connectivity index (χ2n) is 4.68. The van der Waals surface area contributed by atoms with E-state index in [1.54, 1.807) is 17.0 Å². The maximum absolute atomic E-state index is 12.7. The van der Waals surface area contributed by atoms with E-state index in [1.165, 1.54) is 12.1 Å². The van der Waals surface area contributed by atoms with Crippen LogP contribution in [0, 0.1) is 5.92 Å². The van der Waals surface area contributed by atoms with Crippen LogP contribution >= 0.6 is 0 Å². The van der Waals surface area contributed by atoms with Gasteiger partial charge in [-0.2, -0.15) is 13.2 Å². The van der Waals surface area contributed by atoms with Crippen molar-refractivity contribution in [3.05, 3.63) is 29.8 Å². The fourth-order valence-corrected chi connectivity index (χ4v) is 2.31. The van der Waals surface area contributed by atoms with E-state index in [4.69, 9.17) is 5.11 Å². The molecule has 0 spiro atoms. The van der Waals surface area contributed by atoms with Crippen LogP contribution in [0.3, 0.4) is 0 Å². The van der Waals surface area contributed by atoms with Crippen LogP contribution in [0.25, 0.3) is 0 Å². The van der Waals surface area contributed by atoms with E-state index in [2.05, 4.69) is 0 Å². The summed E-state index contributed by atoms with van der Waals surface area (Å²) in [4.78, 5) is 12.5. The van der Waals surface area contributed by atoms with Gasteiger partial charge >= 0.3 is 12.1 Å². The first kappa shape index (κ1) is 13.7. The molecule has 1 aromatic carbocycles. The molecule has 2 rings (SSSR count). The minimum Gasteiger partial charge on any atom is -0.478 e. The van der Waals surface area contributed by atoms with Gasteiger partial charge in [0.15, 0.2) is 0 Å². The fraction of sp³-hybridized carbons (Fsp3) is 0.462. The third-order valence-corrected chi connectivity index (χ3v) is 3.34. The van der Waals surface area contributed by atoms with Crippen LogP contribution in [0.15, 0.2) is 24.3 Å². The van der Waals surface area contributed by atoms with Crippen molar-refractivity contribution in [3.8, 4) is 0 Å². The predicted octanol–water partition coefficient (Wildman–Crippen LogP) is 3.16. The van der Waals surface area contributed by atoms with Crippen molar-refractivity contribution in [1.29, 1.82) is 0 Å². The Hall–Kier alpha value is -1.72. The molecule has 0 radical (unpaired) electrons. The Balaban J connectivity index is 2.17. The van der Waals surface area contributed by atoms with Gasteiger partial charge in [-0.25, -0.2) is 4.79 Å². The summed E-state index contributed by atoms with van der Waals surface area (Å²) in [6.45, 7) is 0.419. The number of alkyl halides is 3. The summed E-state index contributed by atoms with van der Waals surface area (Å²) in [5.41, 5.74) is 0.625. The van der Waals surface area contributed by atoms with Crippen molar-refractivity contribution in [2.75, 3.05) is 18.0 Å². The lowest BCUT2D eigenvalue weighted by atomic mass is 9.97. The summed E-state index contributed by atoms with van der Waals surface area (Å²) < 4.78 is 38.2. The zero-order valence-corrected chi connectivity index (χ0v) is 10.2. The molecule has 0 amide bonds. The SMILES string of the molecule is O=C(O)c1cccc(N2CCCC(C(F)(F)F)C2)c1. The van der Waals surface area contributed by atoms with Crippen molar-refractivity contribution < 1.29 is 23.1 Å². The van der Waals surface area contributed by atoms with Crippen LogP contribution in [0.2, 0.25) is 0 Å². The van der Waals surface area contributed by atoms with E-state index in [0.29, 0.717) is 18.7 Å². The van der Waals surface area contributed by atoms with E-state index < -0.39 is 18.1 Å². The molecule has 1 fully saturated rings. The molecule has 104 valence electrons. The number of benzene rings is 1. The van der Waals surface area contributed by atoms with Crippen molar-refractivity contribution in [2.45, 2.75) is 19.0 Å². The largest absolute Gasteiger partial charge is 0.478 e. The van der Waals surface area contributed by atoms with Crippen LogP contribution in [-0.4, -0.2) is 30.3 Å². The number of aromatic carboxylic acids is 1. The highest BCUT2D eigenvalue weighted by Crippen LogP contribution is 2.34. The normalized spacial score (nSPS) is 20.4. The molecule has 1 N–H and O–H groups in total. The third-order valence-electron chi connectivity index (χ3n) is 3.34. The van der Waals surface area contributed by atoms with Crippen molar-refractivity contribution in [3.63, 3.8) is 0 Å². The maximum Gasteiger partial charge on any atom is 0.393 e. The Morgan fingerprint density at radius 3 is 2.74 bits per heavy atom. The molecule has 1 aromatic rings. The van der Waals surface area contributed by atoms with Gasteiger partial charge in [0.25, 0.3) is 0 Å². The topological polar surface area (TPSA) is 40.5 Å². The van der Waals surface area contributed by atoms with Gasteiger partial charge in [-0.05, 0) is 31.0 Å². The molecule has 1 unspecified atom stereocenters. The van der Waals surface area contributed by atoms with Gasteiger partial charge in [0, 0.05) is 18.8 Å². The van der Waals surface area contributed by atoms with Gasteiger partial charge in [-0.1, -0.05) is 6.07 Å². The minimum atomic E-state index is -4.19. The number of piperidine rings is 1. The highest BCUT2D eigenvalue weighted by atomic mass is 19.4. The molecule has 0 aromatic heterocycles. The van der Waals surface area contributed by atoms with E-state index in [-0.39, 0.29) is 18.5 Å². The zero-order valence-electron chi connectivity index (χ0n) is 10.2. The highest BCUT2D eigenvalue weighted by Gasteiger charge is 2.41. The maximum atomic E-state index is 12.7. The van der Waals surface area contributed by atoms with Crippen molar-refractivity contribution >= 4 is 11.7 Å².